The molecule has 1 atom stereocenters. The van der Waals surface area contributed by atoms with Crippen LogP contribution in [0.1, 0.15) is 48.4 Å². The van der Waals surface area contributed by atoms with E-state index in [1.807, 2.05) is 20.8 Å². The molecule has 7 heteroatoms. The third-order valence-corrected chi connectivity index (χ3v) is 4.51. The number of aryl methyl sites for hydroxylation is 3. The van der Waals surface area contributed by atoms with Crippen LogP contribution >= 0.6 is 23.2 Å². The molecule has 0 radical (unpaired) electrons. The van der Waals surface area contributed by atoms with Gasteiger partial charge in [-0.05, 0) is 12.8 Å². The van der Waals surface area contributed by atoms with E-state index in [2.05, 4.69) is 10.2 Å². The molecule has 1 unspecified atom stereocenters. The molecule has 0 aliphatic rings. The number of nitrogens with zero attached hydrogens (tertiary/aromatic N) is 4. The lowest BCUT2D eigenvalue weighted by molar-refractivity contribution is 0.177. The van der Waals surface area contributed by atoms with Gasteiger partial charge in [0.25, 0.3) is 0 Å². The summed E-state index contributed by atoms with van der Waals surface area (Å²) >= 11 is 12.5. The van der Waals surface area contributed by atoms with E-state index in [-0.39, 0.29) is 5.92 Å². The van der Waals surface area contributed by atoms with Crippen molar-refractivity contribution < 1.29 is 5.11 Å². The fourth-order valence-electron chi connectivity index (χ4n) is 2.48. The first-order valence-corrected chi connectivity index (χ1v) is 7.57. The van der Waals surface area contributed by atoms with Crippen molar-refractivity contribution in [2.45, 2.75) is 39.2 Å². The second-order valence-electron chi connectivity index (χ2n) is 5.57. The van der Waals surface area contributed by atoms with Gasteiger partial charge in [0.15, 0.2) is 0 Å². The van der Waals surface area contributed by atoms with Gasteiger partial charge in [0, 0.05) is 31.6 Å². The average Bonchev–Trinajstić information content (AvgIpc) is 2.82. The Morgan fingerprint density at radius 1 is 1.10 bits per heavy atom. The van der Waals surface area contributed by atoms with Crippen molar-refractivity contribution in [2.24, 2.45) is 14.1 Å². The van der Waals surface area contributed by atoms with Crippen LogP contribution in [0.5, 0.6) is 0 Å². The van der Waals surface area contributed by atoms with Crippen molar-refractivity contribution in [3.8, 4) is 0 Å². The lowest BCUT2D eigenvalue weighted by Gasteiger charge is -2.13. The number of aliphatic hydroxyl groups is 1. The Hall–Kier alpha value is -1.04. The average molecular weight is 331 g/mol. The Morgan fingerprint density at radius 3 is 2.14 bits per heavy atom. The predicted octanol–water partition coefficient (Wildman–Crippen LogP) is 3.17. The molecule has 5 nitrogen and oxygen atoms in total. The van der Waals surface area contributed by atoms with E-state index < -0.39 is 6.10 Å². The van der Waals surface area contributed by atoms with Crippen LogP contribution in [0.4, 0.5) is 0 Å². The standard InChI is InChI=1S/C14H20Cl2N4O/c1-7(2)12-11(14(16)20(5)18-12)10(21)6-9-8(3)17-19(4)13(9)15/h7,10,21H,6H2,1-5H3. The van der Waals surface area contributed by atoms with Crippen LogP contribution in [-0.2, 0) is 20.5 Å². The molecule has 0 spiro atoms. The largest absolute Gasteiger partial charge is 0.388 e. The van der Waals surface area contributed by atoms with Gasteiger partial charge in [-0.15, -0.1) is 0 Å². The fourth-order valence-corrected chi connectivity index (χ4v) is 2.99. The molecule has 2 heterocycles. The van der Waals surface area contributed by atoms with Crippen molar-refractivity contribution in [3.05, 3.63) is 32.8 Å². The Bertz CT molecular complexity index is 660. The van der Waals surface area contributed by atoms with Crippen LogP contribution < -0.4 is 0 Å². The molecule has 2 rings (SSSR count). The second kappa shape index (κ2) is 5.99. The predicted molar refractivity (Wildman–Crippen MR) is 83.9 cm³/mol. The van der Waals surface area contributed by atoms with Crippen LogP contribution in [-0.4, -0.2) is 24.7 Å². The highest BCUT2D eigenvalue weighted by atomic mass is 35.5. The third kappa shape index (κ3) is 2.96. The number of aromatic nitrogens is 4. The highest BCUT2D eigenvalue weighted by Gasteiger charge is 2.25. The van der Waals surface area contributed by atoms with Gasteiger partial charge in [0.2, 0.25) is 0 Å². The zero-order valence-corrected chi connectivity index (χ0v) is 14.4. The van der Waals surface area contributed by atoms with Crippen molar-refractivity contribution in [2.75, 3.05) is 0 Å². The molecule has 116 valence electrons. The van der Waals surface area contributed by atoms with Crippen molar-refractivity contribution in [1.82, 2.24) is 19.6 Å². The van der Waals surface area contributed by atoms with E-state index in [0.29, 0.717) is 22.3 Å². The van der Waals surface area contributed by atoms with Gasteiger partial charge in [-0.25, -0.2) is 0 Å². The van der Waals surface area contributed by atoms with Gasteiger partial charge in [-0.1, -0.05) is 37.0 Å². The highest BCUT2D eigenvalue weighted by Crippen LogP contribution is 2.34. The Kier molecular flexibility index (Phi) is 4.66. The maximum absolute atomic E-state index is 10.6. The lowest BCUT2D eigenvalue weighted by Crippen LogP contribution is -2.06. The molecule has 21 heavy (non-hydrogen) atoms. The molecule has 0 fully saturated rings. The number of halogens is 2. The Morgan fingerprint density at radius 2 is 1.67 bits per heavy atom. The molecule has 0 bridgehead atoms. The summed E-state index contributed by atoms with van der Waals surface area (Å²) in [5.41, 5.74) is 3.13. The van der Waals surface area contributed by atoms with Crippen LogP contribution in [0.25, 0.3) is 0 Å². The topological polar surface area (TPSA) is 55.9 Å². The fraction of sp³-hybridized carbons (Fsp3) is 0.571. The van der Waals surface area contributed by atoms with E-state index in [1.165, 1.54) is 0 Å². The molecule has 0 saturated carbocycles. The van der Waals surface area contributed by atoms with Crippen LogP contribution in [0.15, 0.2) is 0 Å². The van der Waals surface area contributed by atoms with Gasteiger partial charge < -0.3 is 5.11 Å². The second-order valence-corrected chi connectivity index (χ2v) is 6.28. The molecule has 2 aromatic heterocycles. The van der Waals surface area contributed by atoms with Crippen molar-refractivity contribution in [3.63, 3.8) is 0 Å². The normalized spacial score (nSPS) is 13.2. The van der Waals surface area contributed by atoms with Gasteiger partial charge in [-0.2, -0.15) is 10.2 Å². The van der Waals surface area contributed by atoms with E-state index >= 15 is 0 Å². The maximum Gasteiger partial charge on any atom is 0.132 e. The molecule has 0 amide bonds. The Labute approximate surface area is 134 Å². The monoisotopic (exact) mass is 330 g/mol. The molecule has 0 aliphatic heterocycles. The first kappa shape index (κ1) is 16.3. The quantitative estimate of drug-likeness (QED) is 0.936. The van der Waals surface area contributed by atoms with Gasteiger partial charge in [0.1, 0.15) is 10.3 Å². The van der Waals surface area contributed by atoms with Crippen LogP contribution in [0, 0.1) is 6.92 Å². The minimum atomic E-state index is -0.760. The SMILES string of the molecule is Cc1nn(C)c(Cl)c1CC(O)c1c(C(C)C)nn(C)c1Cl. The molecule has 2 aromatic rings. The number of hydrogen-bond acceptors (Lipinski definition) is 3. The van der Waals surface area contributed by atoms with E-state index in [1.54, 1.807) is 23.5 Å². The summed E-state index contributed by atoms with van der Waals surface area (Å²) in [6.07, 6.45) is -0.395. The molecule has 0 aliphatic carbocycles. The number of rotatable bonds is 4. The maximum atomic E-state index is 10.6. The van der Waals surface area contributed by atoms with Gasteiger partial charge in [0.05, 0.1) is 17.5 Å². The smallest absolute Gasteiger partial charge is 0.132 e. The molecule has 1 N–H and O–H groups in total. The van der Waals surface area contributed by atoms with Crippen LogP contribution in [0.2, 0.25) is 10.3 Å². The first-order chi connectivity index (χ1) is 9.73. The summed E-state index contributed by atoms with van der Waals surface area (Å²) in [5, 5.41) is 20.3. The zero-order chi connectivity index (χ0) is 15.9. The molecular formula is C14H20Cl2N4O. The third-order valence-electron chi connectivity index (χ3n) is 3.59. The van der Waals surface area contributed by atoms with Crippen molar-refractivity contribution >= 4 is 23.2 Å². The lowest BCUT2D eigenvalue weighted by atomic mass is 9.98. The highest BCUT2D eigenvalue weighted by molar-refractivity contribution is 6.31. The summed E-state index contributed by atoms with van der Waals surface area (Å²) in [6, 6.07) is 0. The summed E-state index contributed by atoms with van der Waals surface area (Å²) in [7, 11) is 3.55. The van der Waals surface area contributed by atoms with E-state index in [4.69, 9.17) is 23.2 Å². The molecular weight excluding hydrogens is 311 g/mol. The molecule has 0 saturated heterocycles. The minimum absolute atomic E-state index is 0.179. The van der Waals surface area contributed by atoms with Crippen molar-refractivity contribution in [1.29, 1.82) is 0 Å². The zero-order valence-electron chi connectivity index (χ0n) is 12.9. The number of aliphatic hydroxyl groups excluding tert-OH is 1. The summed E-state index contributed by atoms with van der Waals surface area (Å²) in [4.78, 5) is 0. The summed E-state index contributed by atoms with van der Waals surface area (Å²) < 4.78 is 3.19. The number of hydrogen-bond donors (Lipinski definition) is 1. The van der Waals surface area contributed by atoms with E-state index in [0.717, 1.165) is 17.0 Å². The first-order valence-electron chi connectivity index (χ1n) is 6.82. The Balaban J connectivity index is 2.39. The molecule has 0 aromatic carbocycles. The van der Waals surface area contributed by atoms with E-state index in [9.17, 15) is 5.11 Å². The summed E-state index contributed by atoms with van der Waals surface area (Å²) in [6.45, 7) is 5.93. The summed E-state index contributed by atoms with van der Waals surface area (Å²) in [5.74, 6) is 0.179. The van der Waals surface area contributed by atoms with Gasteiger partial charge in [-0.3, -0.25) is 9.36 Å². The van der Waals surface area contributed by atoms with Crippen LogP contribution in [0.3, 0.4) is 0 Å². The van der Waals surface area contributed by atoms with Gasteiger partial charge >= 0.3 is 0 Å². The minimum Gasteiger partial charge on any atom is -0.388 e.